The Labute approximate surface area is 381 Å². The lowest BCUT2D eigenvalue weighted by atomic mass is 9.74. The van der Waals surface area contributed by atoms with E-state index in [2.05, 4.69) is 16.0 Å². The van der Waals surface area contributed by atoms with Crippen LogP contribution in [0, 0.1) is 38.5 Å². The third-order valence-electron chi connectivity index (χ3n) is 12.3. The first kappa shape index (κ1) is 41.7. The topological polar surface area (TPSA) is 165 Å². The maximum Gasteiger partial charge on any atom is 0.227 e. The van der Waals surface area contributed by atoms with Gasteiger partial charge in [-0.3, -0.25) is 44.3 Å². The Bertz CT molecular complexity index is 2960. The summed E-state index contributed by atoms with van der Waals surface area (Å²) in [4.78, 5) is 70.7. The van der Waals surface area contributed by atoms with Crippen LogP contribution in [0.15, 0.2) is 146 Å². The number of carbonyl (C=O) groups excluding carboxylic acids is 3. The first-order valence-corrected chi connectivity index (χ1v) is 22.0. The Morgan fingerprint density at radius 2 is 0.697 bits per heavy atom. The fraction of sp³-hybridized carbons (Fsp3) is 0.167. The highest BCUT2D eigenvalue weighted by Crippen LogP contribution is 2.37. The van der Waals surface area contributed by atoms with Crippen LogP contribution in [0.5, 0.6) is 0 Å². The number of aromatic nitrogens is 6. The minimum atomic E-state index is -0.652. The average Bonchev–Trinajstić information content (AvgIpc) is 3.34. The van der Waals surface area contributed by atoms with Gasteiger partial charge in [0.15, 0.2) is 0 Å². The van der Waals surface area contributed by atoms with Gasteiger partial charge in [-0.1, -0.05) is 72.8 Å². The van der Waals surface area contributed by atoms with Gasteiger partial charge in [0.1, 0.15) is 0 Å². The molecule has 0 bridgehead atoms. The van der Waals surface area contributed by atoms with Gasteiger partial charge in [0.2, 0.25) is 17.7 Å². The van der Waals surface area contributed by atoms with Crippen molar-refractivity contribution < 1.29 is 14.4 Å². The first-order chi connectivity index (χ1) is 32.1. The van der Waals surface area contributed by atoms with Crippen molar-refractivity contribution >= 4 is 67.5 Å². The van der Waals surface area contributed by atoms with Crippen LogP contribution in [-0.4, -0.2) is 47.6 Å². The molecule has 0 aliphatic heterocycles. The monoisotopic (exact) mass is 867 g/mol. The molecule has 3 N–H and O–H groups in total. The Morgan fingerprint density at radius 3 is 0.970 bits per heavy atom. The first-order valence-electron chi connectivity index (χ1n) is 22.0. The summed E-state index contributed by atoms with van der Waals surface area (Å²) in [5.41, 5.74) is 11.6. The molecule has 0 saturated heterocycles. The molecule has 12 heteroatoms. The molecule has 0 radical (unpaired) electrons. The second kappa shape index (κ2) is 17.7. The normalized spacial score (nSPS) is 16.0. The van der Waals surface area contributed by atoms with Crippen molar-refractivity contribution in [2.24, 2.45) is 17.8 Å². The molecule has 10 rings (SSSR count). The fourth-order valence-electron chi connectivity index (χ4n) is 8.93. The van der Waals surface area contributed by atoms with Crippen LogP contribution < -0.4 is 16.0 Å². The second-order valence-electron chi connectivity index (χ2n) is 17.1. The minimum Gasteiger partial charge on any atom is -0.324 e. The molecule has 1 saturated carbocycles. The van der Waals surface area contributed by atoms with E-state index in [-0.39, 0.29) is 37.0 Å². The molecule has 1 aliphatic rings. The van der Waals surface area contributed by atoms with Crippen molar-refractivity contribution in [2.75, 3.05) is 16.0 Å². The molecule has 1 fully saturated rings. The summed E-state index contributed by atoms with van der Waals surface area (Å²) in [6.07, 6.45) is 5.60. The summed E-state index contributed by atoms with van der Waals surface area (Å²) >= 11 is 0. The van der Waals surface area contributed by atoms with Gasteiger partial charge >= 0.3 is 0 Å². The molecule has 12 nitrogen and oxygen atoms in total. The fourth-order valence-corrected chi connectivity index (χ4v) is 8.93. The summed E-state index contributed by atoms with van der Waals surface area (Å²) in [5.74, 6) is -2.84. The number of amides is 3. The van der Waals surface area contributed by atoms with Crippen LogP contribution in [0.3, 0.4) is 0 Å². The van der Waals surface area contributed by atoms with Crippen LogP contribution >= 0.6 is 0 Å². The number of hydrogen-bond donors (Lipinski definition) is 3. The highest BCUT2D eigenvalue weighted by molar-refractivity contribution is 6.00. The molecule has 66 heavy (non-hydrogen) atoms. The lowest BCUT2D eigenvalue weighted by Gasteiger charge is -2.33. The summed E-state index contributed by atoms with van der Waals surface area (Å²) in [7, 11) is 0. The lowest BCUT2D eigenvalue weighted by molar-refractivity contribution is -0.129. The van der Waals surface area contributed by atoms with E-state index in [1.54, 1.807) is 18.6 Å². The zero-order chi connectivity index (χ0) is 45.3. The number of aryl methyl sites for hydroxylation is 3. The standard InChI is InChI=1S/C54H45N9O3/c1-31-13-16-34-7-4-10-43(49(34)58-31)46-22-19-40(28-55-46)61-52(64)37-25-38(53(65)62-41-20-23-47(56-29-41)44-11-5-8-35-17-14-32(2)59-50(35)44)27-39(26-37)54(66)63-42-21-24-48(57-30-42)45-12-6-9-36-18-15-33(3)60-51(36)45/h4-24,28-30,37-39H,25-27H2,1-3H3,(H,61,64)(H,62,65)(H,63,66). The molecule has 1 aliphatic carbocycles. The van der Waals surface area contributed by atoms with Crippen molar-refractivity contribution in [3.05, 3.63) is 163 Å². The number of hydrogen-bond acceptors (Lipinski definition) is 9. The summed E-state index contributed by atoms with van der Waals surface area (Å²) in [6.45, 7) is 5.87. The maximum absolute atomic E-state index is 14.1. The summed E-state index contributed by atoms with van der Waals surface area (Å²) in [6, 6.07) is 41.0. The zero-order valence-electron chi connectivity index (χ0n) is 36.6. The van der Waals surface area contributed by atoms with Gasteiger partial charge in [-0.2, -0.15) is 0 Å². The number of para-hydroxylation sites is 3. The van der Waals surface area contributed by atoms with E-state index in [0.29, 0.717) is 17.1 Å². The zero-order valence-corrected chi connectivity index (χ0v) is 36.6. The predicted octanol–water partition coefficient (Wildman–Crippen LogP) is 10.7. The number of nitrogens with one attached hydrogen (secondary N) is 3. The number of fused-ring (bicyclic) bond motifs is 3. The van der Waals surface area contributed by atoms with Gasteiger partial charge < -0.3 is 16.0 Å². The molecule has 6 heterocycles. The number of benzene rings is 3. The third kappa shape index (κ3) is 8.68. The van der Waals surface area contributed by atoms with Gasteiger partial charge in [0.05, 0.1) is 69.3 Å². The van der Waals surface area contributed by atoms with E-state index in [9.17, 15) is 14.4 Å². The van der Waals surface area contributed by atoms with Crippen LogP contribution in [0.2, 0.25) is 0 Å². The van der Waals surface area contributed by atoms with Crippen molar-refractivity contribution in [1.82, 2.24) is 29.9 Å². The largest absolute Gasteiger partial charge is 0.324 e. The molecule has 3 aromatic carbocycles. The van der Waals surface area contributed by atoms with E-state index in [1.165, 1.54) is 0 Å². The number of nitrogens with zero attached hydrogens (tertiary/aromatic N) is 6. The Hall–Kier alpha value is -8.25. The minimum absolute atomic E-state index is 0.245. The maximum atomic E-state index is 14.1. The molecular weight excluding hydrogens is 823 g/mol. The molecule has 0 unspecified atom stereocenters. The molecular formula is C54H45N9O3. The van der Waals surface area contributed by atoms with E-state index in [1.807, 2.05) is 148 Å². The van der Waals surface area contributed by atoms with Gasteiger partial charge in [0.25, 0.3) is 0 Å². The highest BCUT2D eigenvalue weighted by Gasteiger charge is 2.39. The molecule has 6 aromatic heterocycles. The van der Waals surface area contributed by atoms with Gasteiger partial charge in [-0.05, 0) is 94.6 Å². The van der Waals surface area contributed by atoms with E-state index in [0.717, 1.165) is 83.6 Å². The lowest BCUT2D eigenvalue weighted by Crippen LogP contribution is -2.40. The molecule has 324 valence electrons. The van der Waals surface area contributed by atoms with Crippen molar-refractivity contribution in [2.45, 2.75) is 40.0 Å². The van der Waals surface area contributed by atoms with Crippen molar-refractivity contribution in [3.8, 4) is 33.8 Å². The van der Waals surface area contributed by atoms with Crippen molar-refractivity contribution in [1.29, 1.82) is 0 Å². The number of anilines is 3. The molecule has 0 atom stereocenters. The molecule has 9 aromatic rings. The van der Waals surface area contributed by atoms with Crippen LogP contribution in [0.1, 0.15) is 36.3 Å². The highest BCUT2D eigenvalue weighted by atomic mass is 16.2. The Balaban J connectivity index is 0.874. The number of carbonyl (C=O) groups is 3. The average molecular weight is 868 g/mol. The Kier molecular flexibility index (Phi) is 11.2. The Morgan fingerprint density at radius 1 is 0.394 bits per heavy atom. The van der Waals surface area contributed by atoms with E-state index in [4.69, 9.17) is 29.9 Å². The second-order valence-corrected chi connectivity index (χ2v) is 17.1. The predicted molar refractivity (Wildman–Crippen MR) is 259 cm³/mol. The van der Waals surface area contributed by atoms with Crippen molar-refractivity contribution in [3.63, 3.8) is 0 Å². The van der Waals surface area contributed by atoms with Crippen LogP contribution in [0.4, 0.5) is 17.1 Å². The molecule has 3 amide bonds. The van der Waals surface area contributed by atoms with E-state index >= 15 is 0 Å². The smallest absolute Gasteiger partial charge is 0.227 e. The number of rotatable bonds is 9. The number of pyridine rings is 6. The van der Waals surface area contributed by atoms with Crippen LogP contribution in [0.25, 0.3) is 66.5 Å². The third-order valence-corrected chi connectivity index (χ3v) is 12.3. The van der Waals surface area contributed by atoms with Crippen LogP contribution in [-0.2, 0) is 14.4 Å². The SMILES string of the molecule is Cc1ccc2cccc(-c3ccc(NC(=O)C4CC(C(=O)Nc5ccc(-c6cccc7ccc(C)nc67)nc5)CC(C(=O)Nc5ccc(-c6cccc7ccc(C)nc67)nc5)C4)cn3)c2n1. The van der Waals surface area contributed by atoms with Gasteiger partial charge in [-0.15, -0.1) is 0 Å². The van der Waals surface area contributed by atoms with Gasteiger partial charge in [0, 0.05) is 67.7 Å². The summed E-state index contributed by atoms with van der Waals surface area (Å²) < 4.78 is 0. The molecule has 0 spiro atoms. The van der Waals surface area contributed by atoms with Gasteiger partial charge in [-0.25, -0.2) is 0 Å². The summed E-state index contributed by atoms with van der Waals surface area (Å²) in [5, 5.41) is 12.1. The van der Waals surface area contributed by atoms with E-state index < -0.39 is 17.8 Å². The quantitative estimate of drug-likeness (QED) is 0.128.